The maximum Gasteiger partial charge on any atom is 3.00 e. The van der Waals surface area contributed by atoms with Gasteiger partial charge in [0.15, 0.2) is 0 Å². The summed E-state index contributed by atoms with van der Waals surface area (Å²) in [5.74, 6) is 0. The summed E-state index contributed by atoms with van der Waals surface area (Å²) in [6.07, 6.45) is 8.34. The van der Waals surface area contributed by atoms with Gasteiger partial charge in [-0.1, -0.05) is 54.6 Å². The Morgan fingerprint density at radius 2 is 0.804 bits per heavy atom. The summed E-state index contributed by atoms with van der Waals surface area (Å²) < 4.78 is 0. The predicted molar refractivity (Wildman–Crippen MR) is 171 cm³/mol. The van der Waals surface area contributed by atoms with Gasteiger partial charge in [-0.2, -0.15) is 118 Å². The zero-order valence-electron chi connectivity index (χ0n) is 24.4. The van der Waals surface area contributed by atoms with Crippen molar-refractivity contribution in [2.24, 2.45) is 0 Å². The van der Waals surface area contributed by atoms with Gasteiger partial charge in [0.25, 0.3) is 0 Å². The van der Waals surface area contributed by atoms with Gasteiger partial charge in [0.1, 0.15) is 5.69 Å². The zero-order valence-corrected chi connectivity index (χ0v) is 26.8. The van der Waals surface area contributed by atoms with Gasteiger partial charge in [0.05, 0.1) is 31.0 Å². The fourth-order valence-electron chi connectivity index (χ4n) is 4.18. The van der Waals surface area contributed by atoms with Crippen LogP contribution in [0.2, 0.25) is 0 Å². The van der Waals surface area contributed by atoms with Crippen LogP contribution in [0.3, 0.4) is 0 Å². The largest absolute Gasteiger partial charge is 3.00 e. The van der Waals surface area contributed by atoms with Crippen LogP contribution in [0, 0.1) is 18.2 Å². The fourth-order valence-corrected chi connectivity index (χ4v) is 4.18. The summed E-state index contributed by atoms with van der Waals surface area (Å²) in [6, 6.07) is 50.6. The summed E-state index contributed by atoms with van der Waals surface area (Å²) in [4.78, 5) is 4.65. The molecule has 3 heterocycles. The number of nitrogens with zero attached hydrogens (tertiary/aromatic N) is 9. The van der Waals surface area contributed by atoms with E-state index in [-0.39, 0.29) is 20.1 Å². The van der Waals surface area contributed by atoms with Crippen LogP contribution in [0.4, 0.5) is 0 Å². The molecule has 0 spiro atoms. The number of para-hydroxylation sites is 3. The SMILES string of the molecule is [Ir+3].[c-]1ccccc1-n1ncc(-c2ccc(-c3ccccc3)cc2)n1.[c-]1ccccc1-n1nccn1.[c-]1ccccc1-n1nccn1. The van der Waals surface area contributed by atoms with Gasteiger partial charge in [-0.25, -0.2) is 0 Å². The Balaban J connectivity index is 0.000000151. The van der Waals surface area contributed by atoms with Crippen LogP contribution in [-0.4, -0.2) is 45.0 Å². The van der Waals surface area contributed by atoms with E-state index in [9.17, 15) is 0 Å². The monoisotopic (exact) mass is 777 g/mol. The first kappa shape index (κ1) is 31.6. The van der Waals surface area contributed by atoms with Gasteiger partial charge in [0.2, 0.25) is 0 Å². The maximum absolute atomic E-state index is 4.53. The third kappa shape index (κ3) is 8.41. The van der Waals surface area contributed by atoms with Crippen LogP contribution in [0.5, 0.6) is 0 Å². The van der Waals surface area contributed by atoms with Gasteiger partial charge >= 0.3 is 20.1 Å². The van der Waals surface area contributed by atoms with Crippen molar-refractivity contribution in [3.8, 4) is 39.4 Å². The minimum atomic E-state index is 0. The topological polar surface area (TPSA) is 92.1 Å². The van der Waals surface area contributed by atoms with Crippen molar-refractivity contribution < 1.29 is 20.1 Å². The van der Waals surface area contributed by atoms with Gasteiger partial charge in [0, 0.05) is 5.56 Å². The summed E-state index contributed by atoms with van der Waals surface area (Å²) in [6.45, 7) is 0. The van der Waals surface area contributed by atoms with Crippen molar-refractivity contribution in [2.75, 3.05) is 0 Å². The van der Waals surface area contributed by atoms with Crippen molar-refractivity contribution in [1.82, 2.24) is 45.0 Å². The molecule has 5 aromatic carbocycles. The number of hydrogen-bond donors (Lipinski definition) is 0. The van der Waals surface area contributed by atoms with E-state index in [1.165, 1.54) is 20.7 Å². The molecular formula is C36H26IrN9. The molecule has 0 aliphatic rings. The van der Waals surface area contributed by atoms with Gasteiger partial charge in [-0.3, -0.25) is 0 Å². The van der Waals surface area contributed by atoms with E-state index in [2.05, 4.69) is 85.2 Å². The molecule has 10 heteroatoms. The second-order valence-electron chi connectivity index (χ2n) is 9.34. The number of rotatable bonds is 5. The van der Waals surface area contributed by atoms with Crippen LogP contribution in [0.1, 0.15) is 0 Å². The van der Waals surface area contributed by atoms with Crippen LogP contribution >= 0.6 is 0 Å². The molecule has 46 heavy (non-hydrogen) atoms. The smallest absolute Gasteiger partial charge is 0.177 e. The van der Waals surface area contributed by atoms with Crippen molar-refractivity contribution in [1.29, 1.82) is 0 Å². The Labute approximate surface area is 280 Å². The van der Waals surface area contributed by atoms with E-state index in [0.717, 1.165) is 28.3 Å². The van der Waals surface area contributed by atoms with E-state index in [1.54, 1.807) is 35.8 Å². The molecule has 0 radical (unpaired) electrons. The Bertz CT molecular complexity index is 1890. The standard InChI is InChI=1S/C20H14N3.2C8H6N3.Ir/c1-3-7-16(8-4-1)17-11-13-18(14-12-17)20-15-21-23(22-20)19-9-5-2-6-10-19;2*1-2-4-8(5-3-1)11-9-6-7-10-11;/h1-9,11-15H;2*1-4,6-7H;/q3*-1;+3. The number of hydrogen-bond acceptors (Lipinski definition) is 6. The van der Waals surface area contributed by atoms with Crippen molar-refractivity contribution >= 4 is 0 Å². The van der Waals surface area contributed by atoms with Gasteiger partial charge < -0.3 is 0 Å². The minimum absolute atomic E-state index is 0. The first-order chi connectivity index (χ1) is 22.3. The molecule has 0 aliphatic heterocycles. The normalized spacial score (nSPS) is 10.0. The van der Waals surface area contributed by atoms with Gasteiger partial charge in [-0.15, -0.1) is 18.2 Å². The van der Waals surface area contributed by atoms with Crippen molar-refractivity contribution in [3.05, 3.63) is 177 Å². The average molecular weight is 777 g/mol. The number of aromatic nitrogens is 9. The Morgan fingerprint density at radius 3 is 1.26 bits per heavy atom. The molecule has 0 saturated carbocycles. The van der Waals surface area contributed by atoms with Crippen molar-refractivity contribution in [2.45, 2.75) is 0 Å². The molecule has 8 aromatic rings. The molecular weight excluding hydrogens is 751 g/mol. The fraction of sp³-hybridized carbons (Fsp3) is 0. The van der Waals surface area contributed by atoms with Crippen LogP contribution in [0.25, 0.3) is 39.4 Å². The molecule has 0 atom stereocenters. The predicted octanol–water partition coefficient (Wildman–Crippen LogP) is 6.53. The van der Waals surface area contributed by atoms with E-state index >= 15 is 0 Å². The molecule has 9 nitrogen and oxygen atoms in total. The molecule has 0 aliphatic carbocycles. The minimum Gasteiger partial charge on any atom is -0.177 e. The van der Waals surface area contributed by atoms with E-state index in [0.29, 0.717) is 0 Å². The van der Waals surface area contributed by atoms with E-state index < -0.39 is 0 Å². The second kappa shape index (κ2) is 16.3. The second-order valence-corrected chi connectivity index (χ2v) is 9.34. The summed E-state index contributed by atoms with van der Waals surface area (Å²) in [5, 5.41) is 24.7. The summed E-state index contributed by atoms with van der Waals surface area (Å²) >= 11 is 0. The molecule has 224 valence electrons. The average Bonchev–Trinajstić information content (AvgIpc) is 3.95. The Morgan fingerprint density at radius 1 is 0.391 bits per heavy atom. The first-order valence-corrected chi connectivity index (χ1v) is 14.1. The van der Waals surface area contributed by atoms with E-state index in [4.69, 9.17) is 0 Å². The van der Waals surface area contributed by atoms with Crippen molar-refractivity contribution in [3.63, 3.8) is 0 Å². The molecule has 3 aromatic heterocycles. The Kier molecular flexibility index (Phi) is 11.2. The van der Waals surface area contributed by atoms with Crippen LogP contribution in [0.15, 0.2) is 158 Å². The van der Waals surface area contributed by atoms with Crippen LogP contribution in [-0.2, 0) is 20.1 Å². The Hall–Kier alpha value is -5.83. The molecule has 0 amide bonds. The van der Waals surface area contributed by atoms with E-state index in [1.807, 2.05) is 91.0 Å². The van der Waals surface area contributed by atoms with Gasteiger partial charge in [-0.05, 0) is 28.2 Å². The molecule has 0 saturated heterocycles. The first-order valence-electron chi connectivity index (χ1n) is 14.1. The summed E-state index contributed by atoms with van der Waals surface area (Å²) in [5.41, 5.74) is 6.85. The quantitative estimate of drug-likeness (QED) is 0.185. The zero-order chi connectivity index (χ0) is 30.5. The maximum atomic E-state index is 4.53. The summed E-state index contributed by atoms with van der Waals surface area (Å²) in [7, 11) is 0. The molecule has 0 unspecified atom stereocenters. The van der Waals surface area contributed by atoms with Crippen LogP contribution < -0.4 is 0 Å². The number of benzene rings is 5. The molecule has 8 rings (SSSR count). The molecule has 0 N–H and O–H groups in total. The molecule has 0 fully saturated rings. The third-order valence-corrected chi connectivity index (χ3v) is 6.34. The third-order valence-electron chi connectivity index (χ3n) is 6.34. The molecule has 0 bridgehead atoms.